The molecule has 2 N–H and O–H groups in total. The predicted molar refractivity (Wildman–Crippen MR) is 71.6 cm³/mol. The topological polar surface area (TPSA) is 62.2 Å². The molecule has 1 atom stereocenters. The molecule has 0 aliphatic carbocycles. The van der Waals surface area contributed by atoms with Crippen molar-refractivity contribution in [3.63, 3.8) is 0 Å². The van der Waals surface area contributed by atoms with Gasteiger partial charge in [-0.3, -0.25) is 4.98 Å². The third kappa shape index (κ3) is 2.81. The minimum Gasteiger partial charge on any atom is -0.480 e. The Bertz CT molecular complexity index is 613. The number of halogens is 1. The first-order valence-corrected chi connectivity index (χ1v) is 6.02. The van der Waals surface area contributed by atoms with Gasteiger partial charge in [-0.1, -0.05) is 13.8 Å². The highest BCUT2D eigenvalue weighted by Gasteiger charge is 2.21. The maximum atomic E-state index is 13.1. The normalized spacial score (nSPS) is 12.6. The van der Waals surface area contributed by atoms with Crippen LogP contribution in [0.5, 0.6) is 0 Å². The Morgan fingerprint density at radius 3 is 2.74 bits per heavy atom. The molecule has 0 bridgehead atoms. The summed E-state index contributed by atoms with van der Waals surface area (Å²) in [5.41, 5.74) is 1.14. The van der Waals surface area contributed by atoms with Crippen LogP contribution in [0.4, 0.5) is 10.1 Å². The Morgan fingerprint density at radius 2 is 2.11 bits per heavy atom. The van der Waals surface area contributed by atoms with Crippen LogP contribution in [0.3, 0.4) is 0 Å². The predicted octanol–water partition coefficient (Wildman–Crippen LogP) is 2.90. The van der Waals surface area contributed by atoms with Crippen molar-refractivity contribution in [3.05, 3.63) is 36.3 Å². The summed E-state index contributed by atoms with van der Waals surface area (Å²) in [6.07, 6.45) is 1.53. The van der Waals surface area contributed by atoms with E-state index in [9.17, 15) is 14.3 Å². The lowest BCUT2D eigenvalue weighted by atomic mass is 10.0. The summed E-state index contributed by atoms with van der Waals surface area (Å²) >= 11 is 0. The molecule has 1 aromatic carbocycles. The highest BCUT2D eigenvalue weighted by molar-refractivity contribution is 5.92. The third-order valence-corrected chi connectivity index (χ3v) is 2.95. The van der Waals surface area contributed by atoms with Crippen LogP contribution in [0.25, 0.3) is 10.9 Å². The third-order valence-electron chi connectivity index (χ3n) is 2.95. The van der Waals surface area contributed by atoms with E-state index in [1.807, 2.05) is 13.8 Å². The lowest BCUT2D eigenvalue weighted by Crippen LogP contribution is -2.34. The summed E-state index contributed by atoms with van der Waals surface area (Å²) in [6.45, 7) is 3.66. The fraction of sp³-hybridized carbons (Fsp3) is 0.286. The number of rotatable bonds is 4. The van der Waals surface area contributed by atoms with Crippen molar-refractivity contribution < 1.29 is 14.3 Å². The van der Waals surface area contributed by atoms with Crippen LogP contribution in [0, 0.1) is 11.7 Å². The standard InChI is InChI=1S/C14H15FN2O2/c1-8(2)13(14(18)19)17-11-5-6-16-12-7-9(15)3-4-10(11)12/h3-8,13H,1-2H3,(H,16,17)(H,18,19)/t13-/m0/s1. The van der Waals surface area contributed by atoms with Gasteiger partial charge >= 0.3 is 5.97 Å². The van der Waals surface area contributed by atoms with Crippen LogP contribution in [0.15, 0.2) is 30.5 Å². The van der Waals surface area contributed by atoms with Crippen LogP contribution in [-0.2, 0) is 4.79 Å². The second kappa shape index (κ2) is 5.22. The van der Waals surface area contributed by atoms with E-state index in [2.05, 4.69) is 10.3 Å². The first-order valence-electron chi connectivity index (χ1n) is 6.02. The lowest BCUT2D eigenvalue weighted by molar-refractivity contribution is -0.138. The number of benzene rings is 1. The Hall–Kier alpha value is -2.17. The number of carboxylic acid groups (broad SMARTS) is 1. The van der Waals surface area contributed by atoms with Crippen LogP contribution in [-0.4, -0.2) is 22.1 Å². The van der Waals surface area contributed by atoms with Crippen molar-refractivity contribution in [2.24, 2.45) is 5.92 Å². The van der Waals surface area contributed by atoms with E-state index < -0.39 is 12.0 Å². The summed E-state index contributed by atoms with van der Waals surface area (Å²) in [6, 6.07) is 5.25. The molecule has 0 spiro atoms. The molecule has 5 heteroatoms. The molecule has 0 saturated heterocycles. The summed E-state index contributed by atoms with van der Waals surface area (Å²) < 4.78 is 13.1. The van der Waals surface area contributed by atoms with E-state index in [1.54, 1.807) is 12.1 Å². The van der Waals surface area contributed by atoms with Gasteiger partial charge in [0.2, 0.25) is 0 Å². The van der Waals surface area contributed by atoms with E-state index in [0.717, 1.165) is 0 Å². The van der Waals surface area contributed by atoms with Gasteiger partial charge < -0.3 is 10.4 Å². The van der Waals surface area contributed by atoms with Crippen molar-refractivity contribution in [2.45, 2.75) is 19.9 Å². The highest BCUT2D eigenvalue weighted by atomic mass is 19.1. The van der Waals surface area contributed by atoms with Crippen molar-refractivity contribution in [2.75, 3.05) is 5.32 Å². The van der Waals surface area contributed by atoms with E-state index in [-0.39, 0.29) is 11.7 Å². The Kier molecular flexibility index (Phi) is 3.64. The van der Waals surface area contributed by atoms with E-state index in [1.165, 1.54) is 18.3 Å². The summed E-state index contributed by atoms with van der Waals surface area (Å²) in [5.74, 6) is -1.35. The number of carboxylic acids is 1. The second-order valence-electron chi connectivity index (χ2n) is 4.72. The van der Waals surface area contributed by atoms with Crippen LogP contribution < -0.4 is 5.32 Å². The molecule has 100 valence electrons. The van der Waals surface area contributed by atoms with E-state index in [0.29, 0.717) is 16.6 Å². The van der Waals surface area contributed by atoms with Crippen molar-refractivity contribution >= 4 is 22.6 Å². The largest absolute Gasteiger partial charge is 0.480 e. The van der Waals surface area contributed by atoms with Gasteiger partial charge in [0.25, 0.3) is 0 Å². The van der Waals surface area contributed by atoms with E-state index in [4.69, 9.17) is 0 Å². The average Bonchev–Trinajstić information content (AvgIpc) is 2.34. The zero-order valence-electron chi connectivity index (χ0n) is 10.7. The molecular formula is C14H15FN2O2. The number of pyridine rings is 1. The van der Waals surface area contributed by atoms with Crippen molar-refractivity contribution in [1.29, 1.82) is 0 Å². The molecule has 19 heavy (non-hydrogen) atoms. The number of fused-ring (bicyclic) bond motifs is 1. The number of aromatic nitrogens is 1. The second-order valence-corrected chi connectivity index (χ2v) is 4.72. The molecular weight excluding hydrogens is 247 g/mol. The SMILES string of the molecule is CC(C)[C@H](Nc1ccnc2cc(F)ccc12)C(=O)O. The van der Waals surface area contributed by atoms with Crippen molar-refractivity contribution in [1.82, 2.24) is 4.98 Å². The molecule has 0 aliphatic heterocycles. The fourth-order valence-corrected chi connectivity index (χ4v) is 1.93. The van der Waals surface area contributed by atoms with Gasteiger partial charge in [0, 0.05) is 23.3 Å². The molecule has 0 unspecified atom stereocenters. The molecule has 0 amide bonds. The Balaban J connectivity index is 2.42. The highest BCUT2D eigenvalue weighted by Crippen LogP contribution is 2.24. The quantitative estimate of drug-likeness (QED) is 0.889. The first-order chi connectivity index (χ1) is 8.99. The molecule has 1 aromatic heterocycles. The zero-order chi connectivity index (χ0) is 14.0. The van der Waals surface area contributed by atoms with Crippen molar-refractivity contribution in [3.8, 4) is 0 Å². The van der Waals surface area contributed by atoms with Crippen LogP contribution >= 0.6 is 0 Å². The first kappa shape index (κ1) is 13.3. The Labute approximate surface area is 110 Å². The minimum atomic E-state index is -0.915. The van der Waals surface area contributed by atoms with Crippen LogP contribution in [0.2, 0.25) is 0 Å². The number of aliphatic carboxylic acids is 1. The van der Waals surface area contributed by atoms with Gasteiger partial charge in [0.1, 0.15) is 11.9 Å². The Morgan fingerprint density at radius 1 is 1.37 bits per heavy atom. The minimum absolute atomic E-state index is 0.0684. The summed E-state index contributed by atoms with van der Waals surface area (Å²) in [7, 11) is 0. The molecule has 0 aliphatic rings. The number of nitrogens with zero attached hydrogens (tertiary/aromatic N) is 1. The molecule has 0 fully saturated rings. The number of carbonyl (C=O) groups is 1. The maximum Gasteiger partial charge on any atom is 0.326 e. The molecule has 2 aromatic rings. The van der Waals surface area contributed by atoms with Gasteiger partial charge in [-0.25, -0.2) is 9.18 Å². The number of hydrogen-bond acceptors (Lipinski definition) is 3. The fourth-order valence-electron chi connectivity index (χ4n) is 1.93. The molecule has 0 radical (unpaired) electrons. The summed E-state index contributed by atoms with van der Waals surface area (Å²) in [4.78, 5) is 15.3. The number of anilines is 1. The van der Waals surface area contributed by atoms with Gasteiger partial charge in [-0.15, -0.1) is 0 Å². The average molecular weight is 262 g/mol. The molecule has 2 rings (SSSR count). The zero-order valence-corrected chi connectivity index (χ0v) is 10.7. The van der Waals surface area contributed by atoms with Crippen LogP contribution in [0.1, 0.15) is 13.8 Å². The lowest BCUT2D eigenvalue weighted by Gasteiger charge is -2.20. The smallest absolute Gasteiger partial charge is 0.326 e. The van der Waals surface area contributed by atoms with Gasteiger partial charge in [0.15, 0.2) is 0 Å². The molecule has 1 heterocycles. The number of nitrogens with one attached hydrogen (secondary N) is 1. The van der Waals surface area contributed by atoms with Gasteiger partial charge in [-0.2, -0.15) is 0 Å². The molecule has 0 saturated carbocycles. The van der Waals surface area contributed by atoms with Gasteiger partial charge in [-0.05, 0) is 24.1 Å². The maximum absolute atomic E-state index is 13.1. The van der Waals surface area contributed by atoms with Gasteiger partial charge in [0.05, 0.1) is 5.52 Å². The number of hydrogen-bond donors (Lipinski definition) is 2. The summed E-state index contributed by atoms with van der Waals surface area (Å²) in [5, 5.41) is 12.9. The molecule has 4 nitrogen and oxygen atoms in total. The monoisotopic (exact) mass is 262 g/mol. The van der Waals surface area contributed by atoms with E-state index >= 15 is 0 Å².